The lowest BCUT2D eigenvalue weighted by Gasteiger charge is -2.48. The molecule has 41 heavy (non-hydrogen) atoms. The van der Waals surface area contributed by atoms with Crippen molar-refractivity contribution in [2.75, 3.05) is 18.4 Å². The number of H-pyrrole nitrogens is 1. The number of benzene rings is 2. The molecule has 1 amide bonds. The molecule has 4 N–H and O–H groups in total. The zero-order chi connectivity index (χ0) is 27.9. The Bertz CT molecular complexity index is 1560. The maximum absolute atomic E-state index is 13.6. The number of pyridine rings is 1. The topological polar surface area (TPSA) is 117 Å². The second-order valence-corrected chi connectivity index (χ2v) is 12.2. The van der Waals surface area contributed by atoms with Crippen LogP contribution in [0.25, 0.3) is 11.4 Å². The number of rotatable bonds is 6. The van der Waals surface area contributed by atoms with E-state index in [2.05, 4.69) is 53.1 Å². The summed E-state index contributed by atoms with van der Waals surface area (Å²) in [6.45, 7) is 1.69. The number of aromatic nitrogens is 4. The number of fused-ring (bicyclic) bond motifs is 1. The van der Waals surface area contributed by atoms with Crippen molar-refractivity contribution in [3.8, 4) is 17.1 Å². The highest BCUT2D eigenvalue weighted by molar-refractivity contribution is 9.10. The van der Waals surface area contributed by atoms with E-state index in [1.807, 2.05) is 48.5 Å². The molecule has 0 radical (unpaired) electrons. The number of piperidine rings is 1. The summed E-state index contributed by atoms with van der Waals surface area (Å²) in [4.78, 5) is 22.6. The average molecular weight is 615 g/mol. The van der Waals surface area contributed by atoms with Crippen LogP contribution in [0.1, 0.15) is 66.3 Å². The van der Waals surface area contributed by atoms with Crippen LogP contribution in [0, 0.1) is 0 Å². The zero-order valence-electron chi connectivity index (χ0n) is 22.6. The molecule has 4 aromatic rings. The van der Waals surface area contributed by atoms with E-state index in [-0.39, 0.29) is 17.6 Å². The molecule has 2 aliphatic heterocycles. The Morgan fingerprint density at radius 2 is 1.85 bits per heavy atom. The minimum absolute atomic E-state index is 0.0973. The van der Waals surface area contributed by atoms with Gasteiger partial charge in [0.2, 0.25) is 0 Å². The van der Waals surface area contributed by atoms with Gasteiger partial charge in [0.05, 0.1) is 11.6 Å². The van der Waals surface area contributed by atoms with E-state index in [0.717, 1.165) is 84.5 Å². The van der Waals surface area contributed by atoms with Gasteiger partial charge in [0.15, 0.2) is 11.6 Å². The van der Waals surface area contributed by atoms with E-state index in [1.165, 1.54) is 0 Å². The minimum Gasteiger partial charge on any atom is -0.487 e. The van der Waals surface area contributed by atoms with Crippen molar-refractivity contribution in [1.82, 2.24) is 30.8 Å². The van der Waals surface area contributed by atoms with Crippen LogP contribution in [-0.4, -0.2) is 44.8 Å². The van der Waals surface area contributed by atoms with Crippen LogP contribution in [0.2, 0.25) is 0 Å². The van der Waals surface area contributed by atoms with E-state index in [0.29, 0.717) is 11.4 Å². The molecule has 1 saturated heterocycles. The van der Waals surface area contributed by atoms with Crippen LogP contribution >= 0.6 is 15.9 Å². The third-order valence-electron chi connectivity index (χ3n) is 8.66. The van der Waals surface area contributed by atoms with Gasteiger partial charge in [0.1, 0.15) is 11.4 Å². The van der Waals surface area contributed by atoms with Crippen molar-refractivity contribution in [2.24, 2.45) is 0 Å². The molecule has 7 rings (SSSR count). The summed E-state index contributed by atoms with van der Waals surface area (Å²) in [7, 11) is 0. The van der Waals surface area contributed by atoms with Crippen LogP contribution in [0.5, 0.6) is 5.75 Å². The fourth-order valence-corrected chi connectivity index (χ4v) is 6.66. The Labute approximate surface area is 247 Å². The number of carbonyl (C=O) groups is 1. The van der Waals surface area contributed by atoms with Crippen molar-refractivity contribution in [3.05, 3.63) is 88.4 Å². The van der Waals surface area contributed by atoms with E-state index in [4.69, 9.17) is 9.72 Å². The summed E-state index contributed by atoms with van der Waals surface area (Å²) in [6.07, 6.45) is 9.11. The highest BCUT2D eigenvalue weighted by Crippen LogP contribution is 2.49. The molecule has 210 valence electrons. The molecule has 2 fully saturated rings. The molecule has 9 nitrogen and oxygen atoms in total. The Morgan fingerprint density at radius 3 is 2.63 bits per heavy atom. The van der Waals surface area contributed by atoms with E-state index < -0.39 is 5.54 Å². The molecule has 1 aliphatic carbocycles. The van der Waals surface area contributed by atoms with Crippen LogP contribution in [0.15, 0.2) is 71.5 Å². The first-order valence-electron chi connectivity index (χ1n) is 14.2. The van der Waals surface area contributed by atoms with Gasteiger partial charge in [-0.1, -0.05) is 22.0 Å². The van der Waals surface area contributed by atoms with Crippen LogP contribution in [-0.2, 0) is 5.54 Å². The number of anilines is 1. The van der Waals surface area contributed by atoms with Gasteiger partial charge in [-0.2, -0.15) is 5.10 Å². The van der Waals surface area contributed by atoms with Crippen molar-refractivity contribution >= 4 is 27.5 Å². The number of hydrogen-bond donors (Lipinski definition) is 4. The molecule has 1 saturated carbocycles. The second-order valence-electron chi connectivity index (χ2n) is 11.3. The SMILES string of the molecule is O=C(N[C@H]1CC2(CCC2)Oc2ccc(Br)cc21)c1cccc(NC2(c3nc(-c4ccncc4)n[nH]3)CCNCC2)c1. The van der Waals surface area contributed by atoms with Crippen molar-refractivity contribution in [2.45, 2.75) is 55.7 Å². The highest BCUT2D eigenvalue weighted by Gasteiger charge is 2.46. The number of halogens is 1. The normalized spacial score (nSPS) is 20.4. The molecule has 2 aromatic heterocycles. The van der Waals surface area contributed by atoms with Crippen LogP contribution < -0.4 is 20.7 Å². The molecule has 2 aromatic carbocycles. The summed E-state index contributed by atoms with van der Waals surface area (Å²) in [5.74, 6) is 2.20. The number of amides is 1. The number of nitrogens with one attached hydrogen (secondary N) is 4. The molecule has 4 heterocycles. The molecular weight excluding hydrogens is 582 g/mol. The first-order valence-corrected chi connectivity index (χ1v) is 15.0. The number of carbonyl (C=O) groups excluding carboxylic acids is 1. The van der Waals surface area contributed by atoms with Crippen molar-refractivity contribution < 1.29 is 9.53 Å². The van der Waals surface area contributed by atoms with E-state index >= 15 is 0 Å². The molecule has 3 aliphatic rings. The Kier molecular flexibility index (Phi) is 6.75. The third-order valence-corrected chi connectivity index (χ3v) is 9.16. The summed E-state index contributed by atoms with van der Waals surface area (Å²) >= 11 is 3.59. The Hall–Kier alpha value is -3.76. The van der Waals surface area contributed by atoms with Gasteiger partial charge in [-0.15, -0.1) is 0 Å². The van der Waals surface area contributed by atoms with Gasteiger partial charge >= 0.3 is 0 Å². The minimum atomic E-state index is -0.443. The largest absolute Gasteiger partial charge is 0.487 e. The van der Waals surface area contributed by atoms with Gasteiger partial charge in [-0.25, -0.2) is 4.98 Å². The molecule has 0 unspecified atom stereocenters. The smallest absolute Gasteiger partial charge is 0.251 e. The van der Waals surface area contributed by atoms with Crippen LogP contribution in [0.4, 0.5) is 5.69 Å². The molecular formula is C31H32BrN7O2. The lowest BCUT2D eigenvalue weighted by Crippen LogP contribution is -2.49. The van der Waals surface area contributed by atoms with Crippen molar-refractivity contribution in [3.63, 3.8) is 0 Å². The predicted molar refractivity (Wildman–Crippen MR) is 160 cm³/mol. The maximum Gasteiger partial charge on any atom is 0.251 e. The first kappa shape index (κ1) is 26.2. The van der Waals surface area contributed by atoms with Gasteiger partial charge in [0, 0.05) is 45.7 Å². The van der Waals surface area contributed by atoms with Gasteiger partial charge in [-0.05, 0) is 93.7 Å². The van der Waals surface area contributed by atoms with Crippen LogP contribution in [0.3, 0.4) is 0 Å². The average Bonchev–Trinajstić information content (AvgIpc) is 3.49. The monoisotopic (exact) mass is 613 g/mol. The van der Waals surface area contributed by atoms with E-state index in [9.17, 15) is 4.79 Å². The fourth-order valence-electron chi connectivity index (χ4n) is 6.28. The summed E-state index contributed by atoms with van der Waals surface area (Å²) in [5.41, 5.74) is 2.79. The molecule has 10 heteroatoms. The highest BCUT2D eigenvalue weighted by atomic mass is 79.9. The second kappa shape index (κ2) is 10.6. The number of ether oxygens (including phenoxy) is 1. The third kappa shape index (κ3) is 5.10. The molecule has 1 spiro atoms. The number of hydrogen-bond acceptors (Lipinski definition) is 7. The first-order chi connectivity index (χ1) is 20.0. The summed E-state index contributed by atoms with van der Waals surface area (Å²) in [6, 6.07) is 17.5. The zero-order valence-corrected chi connectivity index (χ0v) is 24.2. The number of aromatic amines is 1. The maximum atomic E-state index is 13.6. The standard InChI is InChI=1S/C31H32BrN7O2/c32-22-5-6-26-24(18-22)25(19-30(41-26)9-2-10-30)35-28(40)21-3-1-4-23(17-21)37-31(11-15-34-16-12-31)29-36-27(38-39-29)20-7-13-33-14-8-20/h1,3-8,13-14,17-18,25,34,37H,2,9-12,15-16,19H2,(H,35,40)(H,36,38,39)/t25-/m0/s1. The lowest BCUT2D eigenvalue weighted by molar-refractivity contribution is -0.0360. The summed E-state index contributed by atoms with van der Waals surface area (Å²) in [5, 5.41) is 18.2. The van der Waals surface area contributed by atoms with Crippen molar-refractivity contribution in [1.29, 1.82) is 0 Å². The fraction of sp³-hybridized carbons (Fsp3) is 0.355. The molecule has 1 atom stereocenters. The van der Waals surface area contributed by atoms with Gasteiger partial charge < -0.3 is 20.7 Å². The quantitative estimate of drug-likeness (QED) is 0.227. The predicted octanol–water partition coefficient (Wildman–Crippen LogP) is 5.50. The van der Waals surface area contributed by atoms with E-state index in [1.54, 1.807) is 12.4 Å². The summed E-state index contributed by atoms with van der Waals surface area (Å²) < 4.78 is 7.38. The molecule has 0 bridgehead atoms. The Balaban J connectivity index is 1.13. The number of nitrogens with zero attached hydrogens (tertiary/aromatic N) is 3. The van der Waals surface area contributed by atoms with Gasteiger partial charge in [0.25, 0.3) is 5.91 Å². The van der Waals surface area contributed by atoms with Gasteiger partial charge in [-0.3, -0.25) is 14.9 Å². The lowest BCUT2D eigenvalue weighted by atomic mass is 9.73. The Morgan fingerprint density at radius 1 is 1.02 bits per heavy atom.